The Balaban J connectivity index is 1.91. The molecule has 148 valence electrons. The molecule has 1 aromatic carbocycles. The van der Waals surface area contributed by atoms with E-state index in [0.29, 0.717) is 11.4 Å². The molecular formula is C19H22N4O4S. The lowest BCUT2D eigenvalue weighted by atomic mass is 10.1. The van der Waals surface area contributed by atoms with Gasteiger partial charge in [-0.3, -0.25) is 4.79 Å². The van der Waals surface area contributed by atoms with Gasteiger partial charge < -0.3 is 14.5 Å². The molecule has 0 unspecified atom stereocenters. The van der Waals surface area contributed by atoms with Gasteiger partial charge in [0.25, 0.3) is 0 Å². The third kappa shape index (κ3) is 4.15. The van der Waals surface area contributed by atoms with E-state index in [9.17, 15) is 13.2 Å². The quantitative estimate of drug-likeness (QED) is 0.682. The molecule has 0 aliphatic carbocycles. The summed E-state index contributed by atoms with van der Waals surface area (Å²) >= 11 is 0. The zero-order chi connectivity index (χ0) is 20.5. The number of aromatic nitrogens is 2. The van der Waals surface area contributed by atoms with Gasteiger partial charge in [-0.2, -0.15) is 4.31 Å². The molecule has 2 aromatic heterocycles. The van der Waals surface area contributed by atoms with Gasteiger partial charge in [0.15, 0.2) is 0 Å². The van der Waals surface area contributed by atoms with Crippen LogP contribution in [0.5, 0.6) is 5.75 Å². The number of methoxy groups -OCH3 is 1. The van der Waals surface area contributed by atoms with Crippen LogP contribution in [0.15, 0.2) is 42.7 Å². The third-order valence-corrected chi connectivity index (χ3v) is 5.64. The van der Waals surface area contributed by atoms with Crippen LogP contribution in [0.2, 0.25) is 0 Å². The molecule has 2 heterocycles. The number of hydrogen-bond donors (Lipinski definition) is 1. The fourth-order valence-corrected chi connectivity index (χ4v) is 3.12. The lowest BCUT2D eigenvalue weighted by Crippen LogP contribution is -2.34. The van der Waals surface area contributed by atoms with Crippen molar-refractivity contribution in [2.24, 2.45) is 0 Å². The van der Waals surface area contributed by atoms with Crippen molar-refractivity contribution in [3.8, 4) is 17.0 Å². The Morgan fingerprint density at radius 3 is 2.71 bits per heavy atom. The number of amides is 1. The predicted molar refractivity (Wildman–Crippen MR) is 108 cm³/mol. The zero-order valence-corrected chi connectivity index (χ0v) is 16.9. The van der Waals surface area contributed by atoms with Crippen LogP contribution in [0.25, 0.3) is 16.9 Å². The van der Waals surface area contributed by atoms with Crippen LogP contribution in [0.1, 0.15) is 5.56 Å². The number of benzene rings is 1. The number of likely N-dealkylation sites (N-methyl/N-ethyl adjacent to an activating group) is 1. The topological polar surface area (TPSA) is 93.0 Å². The van der Waals surface area contributed by atoms with Crippen molar-refractivity contribution in [1.29, 1.82) is 0 Å². The van der Waals surface area contributed by atoms with Crippen molar-refractivity contribution in [1.82, 2.24) is 13.7 Å². The van der Waals surface area contributed by atoms with Gasteiger partial charge in [-0.05, 0) is 36.8 Å². The molecule has 0 atom stereocenters. The Labute approximate surface area is 163 Å². The number of anilines is 1. The normalized spacial score (nSPS) is 11.8. The van der Waals surface area contributed by atoms with E-state index in [2.05, 4.69) is 10.3 Å². The van der Waals surface area contributed by atoms with Gasteiger partial charge in [-0.1, -0.05) is 6.07 Å². The van der Waals surface area contributed by atoms with Crippen LogP contribution in [-0.4, -0.2) is 55.0 Å². The molecule has 3 aromatic rings. The lowest BCUT2D eigenvalue weighted by molar-refractivity contribution is -0.116. The molecule has 3 rings (SSSR count). The van der Waals surface area contributed by atoms with Crippen LogP contribution in [0.3, 0.4) is 0 Å². The fourth-order valence-electron chi connectivity index (χ4n) is 2.77. The molecule has 0 radical (unpaired) electrons. The van der Waals surface area contributed by atoms with Crippen molar-refractivity contribution in [3.63, 3.8) is 0 Å². The van der Waals surface area contributed by atoms with E-state index in [1.54, 1.807) is 12.1 Å². The second-order valence-corrected chi connectivity index (χ2v) is 8.62. The summed E-state index contributed by atoms with van der Waals surface area (Å²) in [6, 6.07) is 9.29. The summed E-state index contributed by atoms with van der Waals surface area (Å²) in [5.74, 6) is 0.00766. The summed E-state index contributed by atoms with van der Waals surface area (Å²) in [4.78, 5) is 16.9. The maximum absolute atomic E-state index is 12.3. The minimum atomic E-state index is -3.45. The Kier molecular flexibility index (Phi) is 5.39. The van der Waals surface area contributed by atoms with E-state index < -0.39 is 15.9 Å². The number of nitrogens with one attached hydrogen (secondary N) is 1. The molecule has 0 spiro atoms. The highest BCUT2D eigenvalue weighted by Crippen LogP contribution is 2.30. The molecule has 0 saturated carbocycles. The van der Waals surface area contributed by atoms with Gasteiger partial charge in [0.05, 0.1) is 31.3 Å². The van der Waals surface area contributed by atoms with Crippen LogP contribution >= 0.6 is 0 Å². The number of carbonyl (C=O) groups excluding carboxylic acids is 1. The highest BCUT2D eigenvalue weighted by molar-refractivity contribution is 7.88. The first-order chi connectivity index (χ1) is 13.2. The first-order valence-corrected chi connectivity index (χ1v) is 10.4. The predicted octanol–water partition coefficient (Wildman–Crippen LogP) is 2.15. The van der Waals surface area contributed by atoms with Crippen molar-refractivity contribution in [3.05, 3.63) is 48.3 Å². The molecule has 1 amide bonds. The molecule has 0 aliphatic rings. The van der Waals surface area contributed by atoms with Gasteiger partial charge in [0.1, 0.15) is 11.4 Å². The monoisotopic (exact) mass is 402 g/mol. The largest absolute Gasteiger partial charge is 0.495 e. The Morgan fingerprint density at radius 1 is 1.32 bits per heavy atom. The molecular weight excluding hydrogens is 380 g/mol. The van der Waals surface area contributed by atoms with Crippen molar-refractivity contribution >= 4 is 27.3 Å². The molecule has 8 nitrogen and oxygen atoms in total. The number of imidazole rings is 1. The van der Waals surface area contributed by atoms with Crippen LogP contribution in [0.4, 0.5) is 5.69 Å². The smallest absolute Gasteiger partial charge is 0.239 e. The minimum absolute atomic E-state index is 0.292. The average molecular weight is 402 g/mol. The first kappa shape index (κ1) is 19.8. The summed E-state index contributed by atoms with van der Waals surface area (Å²) in [6.07, 6.45) is 4.88. The second kappa shape index (κ2) is 7.61. The lowest BCUT2D eigenvalue weighted by Gasteiger charge is -2.15. The number of fused-ring (bicyclic) bond motifs is 1. The summed E-state index contributed by atoms with van der Waals surface area (Å²) < 4.78 is 31.2. The molecule has 0 aliphatic heterocycles. The van der Waals surface area contributed by atoms with Gasteiger partial charge in [-0.25, -0.2) is 13.4 Å². The standard InChI is InChI=1S/C19H22N4O4S/c1-13-6-5-9-23-11-16(21-19(13)23)14-7-8-17(27-3)15(10-14)20-18(24)12-22(2)28(4,25)26/h5-11H,12H2,1-4H3,(H,20,24). The highest BCUT2D eigenvalue weighted by Gasteiger charge is 2.17. The number of nitrogens with zero attached hydrogens (tertiary/aromatic N) is 3. The summed E-state index contributed by atoms with van der Waals surface area (Å²) in [6.45, 7) is 1.70. The zero-order valence-electron chi connectivity index (χ0n) is 16.1. The number of pyridine rings is 1. The molecule has 28 heavy (non-hydrogen) atoms. The van der Waals surface area contributed by atoms with Crippen molar-refractivity contribution < 1.29 is 17.9 Å². The van der Waals surface area contributed by atoms with Gasteiger partial charge in [0.2, 0.25) is 15.9 Å². The molecule has 0 bridgehead atoms. The van der Waals surface area contributed by atoms with E-state index in [1.807, 2.05) is 41.9 Å². The Bertz CT molecular complexity index is 1140. The SMILES string of the molecule is COc1ccc(-c2cn3cccc(C)c3n2)cc1NC(=O)CN(C)S(C)(=O)=O. The van der Waals surface area contributed by atoms with Crippen molar-refractivity contribution in [2.45, 2.75) is 6.92 Å². The number of aryl methyl sites for hydroxylation is 1. The van der Waals surface area contributed by atoms with E-state index in [1.165, 1.54) is 14.2 Å². The van der Waals surface area contributed by atoms with E-state index in [0.717, 1.165) is 33.0 Å². The minimum Gasteiger partial charge on any atom is -0.495 e. The maximum Gasteiger partial charge on any atom is 0.239 e. The van der Waals surface area contributed by atoms with Gasteiger partial charge in [0, 0.05) is 25.0 Å². The number of sulfonamides is 1. The molecule has 0 saturated heterocycles. The van der Waals surface area contributed by atoms with E-state index in [-0.39, 0.29) is 6.54 Å². The number of carbonyl (C=O) groups is 1. The number of ether oxygens (including phenoxy) is 1. The second-order valence-electron chi connectivity index (χ2n) is 6.53. The van der Waals surface area contributed by atoms with Crippen LogP contribution in [-0.2, 0) is 14.8 Å². The Hall–Kier alpha value is -2.91. The maximum atomic E-state index is 12.3. The van der Waals surface area contributed by atoms with Gasteiger partial charge in [-0.15, -0.1) is 0 Å². The highest BCUT2D eigenvalue weighted by atomic mass is 32.2. The Morgan fingerprint density at radius 2 is 2.07 bits per heavy atom. The van der Waals surface area contributed by atoms with Crippen molar-refractivity contribution in [2.75, 3.05) is 32.3 Å². The van der Waals surface area contributed by atoms with Crippen LogP contribution < -0.4 is 10.1 Å². The van der Waals surface area contributed by atoms with Gasteiger partial charge >= 0.3 is 0 Å². The number of rotatable bonds is 6. The van der Waals surface area contributed by atoms with E-state index >= 15 is 0 Å². The average Bonchev–Trinajstić information content (AvgIpc) is 3.06. The fraction of sp³-hybridized carbons (Fsp3) is 0.263. The molecule has 0 fully saturated rings. The number of hydrogen-bond acceptors (Lipinski definition) is 5. The first-order valence-electron chi connectivity index (χ1n) is 8.53. The summed E-state index contributed by atoms with van der Waals surface area (Å²) in [5, 5.41) is 2.72. The molecule has 1 N–H and O–H groups in total. The summed E-state index contributed by atoms with van der Waals surface area (Å²) in [7, 11) is -0.597. The molecule has 9 heteroatoms. The van der Waals surface area contributed by atoms with E-state index in [4.69, 9.17) is 4.74 Å². The third-order valence-electron chi connectivity index (χ3n) is 4.38. The summed E-state index contributed by atoms with van der Waals surface area (Å²) in [5.41, 5.74) is 3.91. The van der Waals surface area contributed by atoms with Crippen LogP contribution in [0, 0.1) is 6.92 Å².